The summed E-state index contributed by atoms with van der Waals surface area (Å²) in [5, 5.41) is 8.96. The van der Waals surface area contributed by atoms with Crippen molar-refractivity contribution in [2.24, 2.45) is 0 Å². The monoisotopic (exact) mass is 404 g/mol. The zero-order valence-corrected chi connectivity index (χ0v) is 17.8. The van der Waals surface area contributed by atoms with Crippen molar-refractivity contribution in [2.45, 2.75) is 65.5 Å². The number of hydrogen-bond acceptors (Lipinski definition) is 8. The number of rotatable bonds is 4. The second-order valence-electron chi connectivity index (χ2n) is 8.68. The third-order valence-corrected chi connectivity index (χ3v) is 3.66. The Hall–Kier alpha value is -3.17. The van der Waals surface area contributed by atoms with Gasteiger partial charge in [-0.05, 0) is 27.7 Å². The first-order valence-electron chi connectivity index (χ1n) is 9.17. The van der Waals surface area contributed by atoms with E-state index < -0.39 is 23.6 Å². The van der Waals surface area contributed by atoms with Crippen LogP contribution in [0.4, 0.5) is 16.3 Å². The van der Waals surface area contributed by atoms with Crippen LogP contribution in [-0.2, 0) is 10.2 Å². The summed E-state index contributed by atoms with van der Waals surface area (Å²) >= 11 is 0. The van der Waals surface area contributed by atoms with E-state index in [1.54, 1.807) is 27.7 Å². The zero-order valence-electron chi connectivity index (χ0n) is 17.8. The molecule has 1 unspecified atom stereocenters. The van der Waals surface area contributed by atoms with Crippen molar-refractivity contribution in [3.63, 3.8) is 0 Å². The largest absolute Gasteiger partial charge is 0.444 e. The maximum absolute atomic E-state index is 12.4. The Balaban J connectivity index is 2.05. The van der Waals surface area contributed by atoms with Gasteiger partial charge in [0.05, 0.1) is 12.2 Å². The minimum absolute atomic E-state index is 0.0251. The first-order chi connectivity index (χ1) is 13.3. The van der Waals surface area contributed by atoms with E-state index >= 15 is 0 Å². The van der Waals surface area contributed by atoms with Crippen LogP contribution in [0.1, 0.15) is 76.6 Å². The summed E-state index contributed by atoms with van der Waals surface area (Å²) < 4.78 is 10.4. The van der Waals surface area contributed by atoms with Gasteiger partial charge >= 0.3 is 6.09 Å². The molecule has 2 aromatic heterocycles. The van der Waals surface area contributed by atoms with E-state index in [2.05, 4.69) is 25.8 Å². The van der Waals surface area contributed by atoms with Gasteiger partial charge in [0.15, 0.2) is 17.3 Å². The molecule has 0 saturated carbocycles. The van der Waals surface area contributed by atoms with Crippen LogP contribution in [-0.4, -0.2) is 32.7 Å². The highest BCUT2D eigenvalue weighted by atomic mass is 16.6. The smallest absolute Gasteiger partial charge is 0.408 e. The van der Waals surface area contributed by atoms with Gasteiger partial charge in [-0.15, -0.1) is 0 Å². The molecule has 0 aliphatic heterocycles. The van der Waals surface area contributed by atoms with E-state index in [-0.39, 0.29) is 22.6 Å². The van der Waals surface area contributed by atoms with E-state index in [1.165, 1.54) is 12.3 Å². The molecule has 0 bridgehead atoms. The first-order valence-corrected chi connectivity index (χ1v) is 9.17. The molecular formula is C19H28N6O4. The van der Waals surface area contributed by atoms with Crippen molar-refractivity contribution in [3.8, 4) is 0 Å². The van der Waals surface area contributed by atoms with E-state index in [0.29, 0.717) is 11.6 Å². The van der Waals surface area contributed by atoms with Gasteiger partial charge in [0.1, 0.15) is 17.1 Å². The Bertz CT molecular complexity index is 895. The van der Waals surface area contributed by atoms with Gasteiger partial charge in [0.25, 0.3) is 5.91 Å². The average Bonchev–Trinajstić information content (AvgIpc) is 3.04. The number of nitrogens with two attached hydrogens (primary N) is 1. The van der Waals surface area contributed by atoms with Crippen LogP contribution in [0.15, 0.2) is 16.8 Å². The topological polar surface area (TPSA) is 145 Å². The van der Waals surface area contributed by atoms with E-state index in [4.69, 9.17) is 15.0 Å². The number of nitrogen functional groups attached to an aromatic ring is 1. The van der Waals surface area contributed by atoms with Gasteiger partial charge in [0.2, 0.25) is 0 Å². The minimum atomic E-state index is -0.624. The molecule has 0 aromatic carbocycles. The molecule has 10 heteroatoms. The molecule has 10 nitrogen and oxygen atoms in total. The van der Waals surface area contributed by atoms with Crippen molar-refractivity contribution in [1.82, 2.24) is 20.4 Å². The first kappa shape index (κ1) is 22.1. The minimum Gasteiger partial charge on any atom is -0.444 e. The number of alkyl carbamates (subject to hydrolysis) is 1. The van der Waals surface area contributed by atoms with Crippen LogP contribution in [0.2, 0.25) is 0 Å². The van der Waals surface area contributed by atoms with Crippen LogP contribution in [0, 0.1) is 0 Å². The maximum atomic E-state index is 12.4. The van der Waals surface area contributed by atoms with E-state index in [1.807, 2.05) is 20.8 Å². The van der Waals surface area contributed by atoms with Gasteiger partial charge in [-0.1, -0.05) is 25.9 Å². The Labute approximate surface area is 169 Å². The summed E-state index contributed by atoms with van der Waals surface area (Å²) in [5.41, 5.74) is 5.33. The Kier molecular flexibility index (Phi) is 6.15. The summed E-state index contributed by atoms with van der Waals surface area (Å²) in [5.74, 6) is 0.484. The van der Waals surface area contributed by atoms with Crippen molar-refractivity contribution in [3.05, 3.63) is 29.5 Å². The molecule has 0 spiro atoms. The number of carbonyl (C=O) groups is 2. The fraction of sp³-hybridized carbons (Fsp3) is 0.526. The van der Waals surface area contributed by atoms with Crippen molar-refractivity contribution < 1.29 is 18.8 Å². The van der Waals surface area contributed by atoms with Crippen LogP contribution in [0.25, 0.3) is 0 Å². The molecule has 2 heterocycles. The van der Waals surface area contributed by atoms with Crippen LogP contribution in [0.3, 0.4) is 0 Å². The molecule has 0 radical (unpaired) electrons. The number of hydrogen-bond donors (Lipinski definition) is 3. The highest BCUT2D eigenvalue weighted by Gasteiger charge is 2.23. The van der Waals surface area contributed by atoms with Gasteiger partial charge < -0.3 is 25.6 Å². The number of amides is 2. The molecule has 1 atom stereocenters. The molecule has 2 rings (SSSR count). The summed E-state index contributed by atoms with van der Waals surface area (Å²) in [4.78, 5) is 32.8. The normalized spacial score (nSPS) is 12.9. The zero-order chi connectivity index (χ0) is 22.0. The third-order valence-electron chi connectivity index (χ3n) is 3.66. The summed E-state index contributed by atoms with van der Waals surface area (Å²) in [6.07, 6.45) is 0.852. The molecule has 4 N–H and O–H groups in total. The number of aromatic nitrogens is 3. The van der Waals surface area contributed by atoms with Gasteiger partial charge in [0, 0.05) is 11.5 Å². The number of carbonyl (C=O) groups excluding carboxylic acids is 2. The molecule has 29 heavy (non-hydrogen) atoms. The molecular weight excluding hydrogens is 376 g/mol. The second-order valence-corrected chi connectivity index (χ2v) is 8.68. The van der Waals surface area contributed by atoms with Crippen molar-refractivity contribution in [2.75, 3.05) is 11.1 Å². The van der Waals surface area contributed by atoms with E-state index in [9.17, 15) is 9.59 Å². The second kappa shape index (κ2) is 8.06. The fourth-order valence-corrected chi connectivity index (χ4v) is 2.19. The van der Waals surface area contributed by atoms with Crippen LogP contribution in [0.5, 0.6) is 0 Å². The van der Waals surface area contributed by atoms with Crippen LogP contribution < -0.4 is 16.4 Å². The Morgan fingerprint density at radius 2 is 1.86 bits per heavy atom. The van der Waals surface area contributed by atoms with Gasteiger partial charge in [-0.25, -0.2) is 14.8 Å². The number of anilines is 2. The van der Waals surface area contributed by atoms with Crippen molar-refractivity contribution >= 4 is 23.5 Å². The Morgan fingerprint density at radius 3 is 2.41 bits per heavy atom. The molecule has 0 aliphatic rings. The quantitative estimate of drug-likeness (QED) is 0.704. The lowest BCUT2D eigenvalue weighted by molar-refractivity contribution is 0.0500. The lowest BCUT2D eigenvalue weighted by Gasteiger charge is -2.21. The lowest BCUT2D eigenvalue weighted by atomic mass is 9.96. The predicted octanol–water partition coefficient (Wildman–Crippen LogP) is 3.18. The lowest BCUT2D eigenvalue weighted by Crippen LogP contribution is -2.33. The van der Waals surface area contributed by atoms with Crippen LogP contribution >= 0.6 is 0 Å². The maximum Gasteiger partial charge on any atom is 0.408 e. The van der Waals surface area contributed by atoms with Crippen molar-refractivity contribution in [1.29, 1.82) is 0 Å². The van der Waals surface area contributed by atoms with Gasteiger partial charge in [-0.2, -0.15) is 0 Å². The summed E-state index contributed by atoms with van der Waals surface area (Å²) in [6.45, 7) is 12.9. The van der Waals surface area contributed by atoms with Gasteiger partial charge in [-0.3, -0.25) is 4.79 Å². The number of nitrogens with zero attached hydrogens (tertiary/aromatic N) is 3. The Morgan fingerprint density at radius 1 is 1.21 bits per heavy atom. The predicted molar refractivity (Wildman–Crippen MR) is 107 cm³/mol. The standard InChI is InChI=1S/C19H28N6O4/c1-10(22-17(27)28-19(5,6)7)13-8-11(25-29-13)15(26)23-12-9-21-16(18(2,3)4)24-14(12)20/h8-10H,1-7H3,(H,22,27)(H,23,26)(H2,20,21,24). The highest BCUT2D eigenvalue weighted by molar-refractivity contribution is 6.04. The summed E-state index contributed by atoms with van der Waals surface area (Å²) in [7, 11) is 0. The molecule has 0 saturated heterocycles. The number of ether oxygens (including phenoxy) is 1. The third kappa shape index (κ3) is 6.16. The number of nitrogens with one attached hydrogen (secondary N) is 2. The molecule has 0 fully saturated rings. The molecule has 2 aromatic rings. The molecule has 2 amide bonds. The summed E-state index contributed by atoms with van der Waals surface area (Å²) in [6, 6.07) is 0.885. The van der Waals surface area contributed by atoms with E-state index in [0.717, 1.165) is 0 Å². The SMILES string of the molecule is CC(NC(=O)OC(C)(C)C)c1cc(C(=O)Nc2cnc(C(C)(C)C)nc2N)no1. The molecule has 158 valence electrons. The fourth-order valence-electron chi connectivity index (χ4n) is 2.19. The molecule has 0 aliphatic carbocycles. The highest BCUT2D eigenvalue weighted by Crippen LogP contribution is 2.23. The average molecular weight is 404 g/mol.